The zero-order chi connectivity index (χ0) is 13.8. The minimum absolute atomic E-state index is 0.365. The summed E-state index contributed by atoms with van der Waals surface area (Å²) in [4.78, 5) is 19.9. The second-order valence-electron chi connectivity index (χ2n) is 4.22. The minimum Gasteiger partial charge on any atom is -0.337 e. The van der Waals surface area contributed by atoms with Crippen molar-refractivity contribution in [1.82, 2.24) is 20.4 Å². The number of anilines is 1. The Morgan fingerprint density at radius 2 is 2.16 bits per heavy atom. The fourth-order valence-corrected chi connectivity index (χ4v) is 1.44. The molecule has 0 fully saturated rings. The number of carbonyl (C=O) groups excluding carboxylic acids is 1. The van der Waals surface area contributed by atoms with Crippen molar-refractivity contribution in [2.45, 2.75) is 26.8 Å². The molecule has 0 bridgehead atoms. The summed E-state index contributed by atoms with van der Waals surface area (Å²) in [6.07, 6.45) is 1.68. The molecular weight excluding hydrogens is 246 g/mol. The molecule has 2 heterocycles. The number of amides is 2. The molecule has 2 aromatic heterocycles. The monoisotopic (exact) mass is 261 g/mol. The van der Waals surface area contributed by atoms with Crippen LogP contribution in [0.4, 0.5) is 10.6 Å². The van der Waals surface area contributed by atoms with Gasteiger partial charge < -0.3 is 9.84 Å². The largest absolute Gasteiger partial charge is 0.337 e. The van der Waals surface area contributed by atoms with Crippen LogP contribution in [-0.2, 0) is 0 Å². The van der Waals surface area contributed by atoms with Crippen LogP contribution < -0.4 is 10.6 Å². The molecule has 19 heavy (non-hydrogen) atoms. The summed E-state index contributed by atoms with van der Waals surface area (Å²) in [6.45, 7) is 5.40. The summed E-state index contributed by atoms with van der Waals surface area (Å²) < 4.78 is 4.97. The van der Waals surface area contributed by atoms with E-state index in [0.717, 1.165) is 5.56 Å². The third kappa shape index (κ3) is 3.51. The Kier molecular flexibility index (Phi) is 3.74. The van der Waals surface area contributed by atoms with Gasteiger partial charge in [-0.05, 0) is 32.4 Å². The lowest BCUT2D eigenvalue weighted by Gasteiger charge is -2.10. The molecule has 0 radical (unpaired) electrons. The van der Waals surface area contributed by atoms with Gasteiger partial charge in [-0.3, -0.25) is 5.32 Å². The third-order valence-electron chi connectivity index (χ3n) is 2.41. The van der Waals surface area contributed by atoms with E-state index in [1.54, 1.807) is 26.1 Å². The van der Waals surface area contributed by atoms with Gasteiger partial charge in [0.2, 0.25) is 5.89 Å². The maximum Gasteiger partial charge on any atom is 0.321 e. The Hall–Kier alpha value is -2.44. The van der Waals surface area contributed by atoms with Crippen molar-refractivity contribution in [1.29, 1.82) is 0 Å². The lowest BCUT2D eigenvalue weighted by molar-refractivity contribution is 0.245. The maximum absolute atomic E-state index is 11.7. The zero-order valence-corrected chi connectivity index (χ0v) is 11.0. The molecule has 2 N–H and O–H groups in total. The van der Waals surface area contributed by atoms with Gasteiger partial charge in [0.1, 0.15) is 11.9 Å². The first kappa shape index (κ1) is 13.0. The summed E-state index contributed by atoms with van der Waals surface area (Å²) in [6, 6.07) is 2.86. The van der Waals surface area contributed by atoms with Crippen LogP contribution in [0.2, 0.25) is 0 Å². The summed E-state index contributed by atoms with van der Waals surface area (Å²) in [5.74, 6) is 1.38. The number of hydrogen-bond donors (Lipinski definition) is 2. The Morgan fingerprint density at radius 3 is 2.74 bits per heavy atom. The quantitative estimate of drug-likeness (QED) is 0.881. The van der Waals surface area contributed by atoms with Crippen LogP contribution in [-0.4, -0.2) is 21.2 Å². The molecule has 0 aliphatic heterocycles. The number of nitrogens with zero attached hydrogens (tertiary/aromatic N) is 3. The van der Waals surface area contributed by atoms with Crippen LogP contribution in [0, 0.1) is 13.8 Å². The van der Waals surface area contributed by atoms with Crippen molar-refractivity contribution < 1.29 is 9.32 Å². The van der Waals surface area contributed by atoms with Crippen molar-refractivity contribution in [3.63, 3.8) is 0 Å². The number of aromatic nitrogens is 3. The summed E-state index contributed by atoms with van der Waals surface area (Å²) >= 11 is 0. The molecule has 0 spiro atoms. The van der Waals surface area contributed by atoms with Crippen molar-refractivity contribution in [2.75, 3.05) is 5.32 Å². The highest BCUT2D eigenvalue weighted by Gasteiger charge is 2.15. The lowest BCUT2D eigenvalue weighted by atomic mass is 10.3. The van der Waals surface area contributed by atoms with Crippen LogP contribution in [0.1, 0.15) is 30.2 Å². The number of carbonyl (C=O) groups is 1. The molecule has 7 nitrogen and oxygen atoms in total. The van der Waals surface area contributed by atoms with Crippen molar-refractivity contribution in [2.24, 2.45) is 0 Å². The van der Waals surface area contributed by atoms with Gasteiger partial charge in [0.05, 0.1) is 0 Å². The third-order valence-corrected chi connectivity index (χ3v) is 2.41. The molecule has 2 aromatic rings. The van der Waals surface area contributed by atoms with Crippen molar-refractivity contribution >= 4 is 11.8 Å². The first-order valence-corrected chi connectivity index (χ1v) is 5.85. The predicted molar refractivity (Wildman–Crippen MR) is 68.6 cm³/mol. The molecule has 0 aliphatic carbocycles. The molecule has 7 heteroatoms. The molecule has 2 rings (SSSR count). The van der Waals surface area contributed by atoms with E-state index in [1.807, 2.05) is 13.0 Å². The Morgan fingerprint density at radius 1 is 1.37 bits per heavy atom. The molecule has 0 saturated heterocycles. The topological polar surface area (TPSA) is 92.9 Å². The Labute approximate surface area is 110 Å². The molecule has 100 valence electrons. The second kappa shape index (κ2) is 5.47. The summed E-state index contributed by atoms with van der Waals surface area (Å²) in [7, 11) is 0. The number of hydrogen-bond acceptors (Lipinski definition) is 5. The van der Waals surface area contributed by atoms with Gasteiger partial charge in [-0.25, -0.2) is 9.78 Å². The fourth-order valence-electron chi connectivity index (χ4n) is 1.44. The highest BCUT2D eigenvalue weighted by Crippen LogP contribution is 2.09. The van der Waals surface area contributed by atoms with Crippen LogP contribution >= 0.6 is 0 Å². The number of pyridine rings is 1. The van der Waals surface area contributed by atoms with Gasteiger partial charge in [0.15, 0.2) is 5.82 Å². The normalized spacial score (nSPS) is 11.9. The SMILES string of the molecule is Cc1ccc(NC(=O)NC(C)c2nc(C)no2)nc1. The van der Waals surface area contributed by atoms with E-state index in [2.05, 4.69) is 25.8 Å². The molecule has 1 atom stereocenters. The summed E-state index contributed by atoms with van der Waals surface area (Å²) in [5.41, 5.74) is 1.03. The molecule has 0 saturated carbocycles. The van der Waals surface area contributed by atoms with E-state index in [-0.39, 0.29) is 12.1 Å². The van der Waals surface area contributed by atoms with E-state index < -0.39 is 0 Å². The van der Waals surface area contributed by atoms with Crippen LogP contribution in [0.5, 0.6) is 0 Å². The van der Waals surface area contributed by atoms with Crippen LogP contribution in [0.25, 0.3) is 0 Å². The number of rotatable bonds is 3. The second-order valence-corrected chi connectivity index (χ2v) is 4.22. The maximum atomic E-state index is 11.7. The fraction of sp³-hybridized carbons (Fsp3) is 0.333. The highest BCUT2D eigenvalue weighted by atomic mass is 16.5. The predicted octanol–water partition coefficient (Wildman–Crippen LogP) is 1.96. The first-order valence-electron chi connectivity index (χ1n) is 5.85. The van der Waals surface area contributed by atoms with Crippen molar-refractivity contribution in [3.05, 3.63) is 35.6 Å². The van der Waals surface area contributed by atoms with E-state index in [4.69, 9.17) is 4.52 Å². The lowest BCUT2D eigenvalue weighted by Crippen LogP contribution is -2.31. The van der Waals surface area contributed by atoms with Gasteiger partial charge in [-0.2, -0.15) is 4.98 Å². The van der Waals surface area contributed by atoms with E-state index >= 15 is 0 Å². The van der Waals surface area contributed by atoms with Crippen LogP contribution in [0.3, 0.4) is 0 Å². The van der Waals surface area contributed by atoms with Gasteiger partial charge in [-0.1, -0.05) is 11.2 Å². The first-order chi connectivity index (χ1) is 9.04. The Bertz CT molecular complexity index is 564. The molecular formula is C12H15N5O2. The number of aryl methyl sites for hydroxylation is 2. The van der Waals surface area contributed by atoms with Gasteiger partial charge >= 0.3 is 6.03 Å². The minimum atomic E-state index is -0.375. The standard InChI is InChI=1S/C12H15N5O2/c1-7-4-5-10(13-6-7)16-12(18)14-8(2)11-15-9(3)17-19-11/h4-6,8H,1-3H3,(H2,13,14,16,18). The molecule has 0 aliphatic rings. The average molecular weight is 261 g/mol. The molecule has 2 amide bonds. The smallest absolute Gasteiger partial charge is 0.321 e. The average Bonchev–Trinajstić information content (AvgIpc) is 2.79. The molecule has 1 unspecified atom stereocenters. The van der Waals surface area contributed by atoms with E-state index in [0.29, 0.717) is 17.5 Å². The van der Waals surface area contributed by atoms with Crippen LogP contribution in [0.15, 0.2) is 22.9 Å². The highest BCUT2D eigenvalue weighted by molar-refractivity contribution is 5.88. The van der Waals surface area contributed by atoms with Crippen molar-refractivity contribution in [3.8, 4) is 0 Å². The molecule has 0 aromatic carbocycles. The Balaban J connectivity index is 1.92. The van der Waals surface area contributed by atoms with Gasteiger partial charge in [0, 0.05) is 6.20 Å². The van der Waals surface area contributed by atoms with Gasteiger partial charge in [0.25, 0.3) is 0 Å². The summed E-state index contributed by atoms with van der Waals surface area (Å²) in [5, 5.41) is 8.98. The van der Waals surface area contributed by atoms with E-state index in [9.17, 15) is 4.79 Å². The zero-order valence-electron chi connectivity index (χ0n) is 11.0. The van der Waals surface area contributed by atoms with Gasteiger partial charge in [-0.15, -0.1) is 0 Å². The number of urea groups is 1. The van der Waals surface area contributed by atoms with E-state index in [1.165, 1.54) is 0 Å². The number of nitrogens with one attached hydrogen (secondary N) is 2.